The Hall–Kier alpha value is -1.10. The van der Waals surface area contributed by atoms with Gasteiger partial charge in [-0.1, -0.05) is 6.92 Å². The molecule has 5 heteroatoms. The van der Waals surface area contributed by atoms with E-state index in [0.29, 0.717) is 6.61 Å². The van der Waals surface area contributed by atoms with E-state index in [2.05, 4.69) is 0 Å². The van der Waals surface area contributed by atoms with Gasteiger partial charge in [0.05, 0.1) is 19.1 Å². The normalized spacial score (nSPS) is 24.8. The summed E-state index contributed by atoms with van der Waals surface area (Å²) in [7, 11) is 0. The fourth-order valence-electron chi connectivity index (χ4n) is 1.47. The molecule has 0 saturated carbocycles. The Kier molecular flexibility index (Phi) is 2.56. The van der Waals surface area contributed by atoms with Crippen molar-refractivity contribution in [2.24, 2.45) is 5.41 Å². The Bertz CT molecular complexity index is 233. The number of rotatable bonds is 5. The molecule has 13 heavy (non-hydrogen) atoms. The number of ether oxygens (including phenoxy) is 1. The molecule has 0 aromatic heterocycles. The lowest BCUT2D eigenvalue weighted by Gasteiger charge is -2.23. The summed E-state index contributed by atoms with van der Waals surface area (Å²) in [6.07, 6.45) is -0.519. The maximum absolute atomic E-state index is 10.9. The van der Waals surface area contributed by atoms with Gasteiger partial charge < -0.3 is 14.9 Å². The lowest BCUT2D eigenvalue weighted by Crippen LogP contribution is -2.38. The summed E-state index contributed by atoms with van der Waals surface area (Å²) >= 11 is 0. The van der Waals surface area contributed by atoms with Gasteiger partial charge in [-0.2, -0.15) is 0 Å². The molecule has 2 atom stereocenters. The van der Waals surface area contributed by atoms with E-state index in [1.54, 1.807) is 6.92 Å². The molecule has 0 spiro atoms. The molecule has 5 nitrogen and oxygen atoms in total. The molecule has 1 saturated heterocycles. The van der Waals surface area contributed by atoms with Crippen LogP contribution in [0.3, 0.4) is 0 Å². The molecule has 1 aliphatic heterocycles. The second kappa shape index (κ2) is 3.33. The molecule has 0 aliphatic carbocycles. The standard InChI is InChI=1S/C8H12O5/c1-2-8(7(11)12,3-6(9)10)5-4-13-5/h5H,2-4H2,1H3,(H,9,10)(H,11,12). The molecule has 0 amide bonds. The topological polar surface area (TPSA) is 87.1 Å². The minimum absolute atomic E-state index is 0.277. The Morgan fingerprint density at radius 3 is 2.31 bits per heavy atom. The van der Waals surface area contributed by atoms with Gasteiger partial charge in [-0.3, -0.25) is 9.59 Å². The van der Waals surface area contributed by atoms with Crippen molar-refractivity contribution in [2.45, 2.75) is 25.9 Å². The first-order valence-corrected chi connectivity index (χ1v) is 4.09. The van der Waals surface area contributed by atoms with E-state index in [9.17, 15) is 9.59 Å². The van der Waals surface area contributed by atoms with Crippen LogP contribution in [0.2, 0.25) is 0 Å². The van der Waals surface area contributed by atoms with Gasteiger partial charge in [-0.25, -0.2) is 0 Å². The first-order valence-electron chi connectivity index (χ1n) is 4.09. The van der Waals surface area contributed by atoms with Gasteiger partial charge in [0.15, 0.2) is 0 Å². The number of carbonyl (C=O) groups is 2. The van der Waals surface area contributed by atoms with Crippen molar-refractivity contribution in [3.8, 4) is 0 Å². The van der Waals surface area contributed by atoms with Crippen LogP contribution in [0.5, 0.6) is 0 Å². The van der Waals surface area contributed by atoms with Gasteiger partial charge in [0, 0.05) is 0 Å². The first kappa shape index (κ1) is 9.98. The van der Waals surface area contributed by atoms with Crippen molar-refractivity contribution in [1.29, 1.82) is 0 Å². The van der Waals surface area contributed by atoms with Crippen LogP contribution < -0.4 is 0 Å². The van der Waals surface area contributed by atoms with Gasteiger partial charge >= 0.3 is 11.9 Å². The summed E-state index contributed by atoms with van der Waals surface area (Å²) in [5.41, 5.74) is -1.23. The van der Waals surface area contributed by atoms with Crippen molar-refractivity contribution < 1.29 is 24.5 Å². The van der Waals surface area contributed by atoms with Gasteiger partial charge in [0.2, 0.25) is 0 Å². The molecule has 0 radical (unpaired) electrons. The van der Waals surface area contributed by atoms with Gasteiger partial charge in [0.25, 0.3) is 0 Å². The molecule has 0 aromatic rings. The van der Waals surface area contributed by atoms with Crippen molar-refractivity contribution in [1.82, 2.24) is 0 Å². The highest BCUT2D eigenvalue weighted by molar-refractivity contribution is 5.82. The van der Waals surface area contributed by atoms with E-state index in [-0.39, 0.29) is 12.8 Å². The zero-order chi connectivity index (χ0) is 10.1. The number of carboxylic acid groups (broad SMARTS) is 2. The van der Waals surface area contributed by atoms with Crippen molar-refractivity contribution >= 4 is 11.9 Å². The monoisotopic (exact) mass is 188 g/mol. The summed E-state index contributed by atoms with van der Waals surface area (Å²) in [6.45, 7) is 2.02. The van der Waals surface area contributed by atoms with Crippen LogP contribution in [0.1, 0.15) is 19.8 Å². The highest BCUT2D eigenvalue weighted by Gasteiger charge is 2.52. The smallest absolute Gasteiger partial charge is 0.312 e. The summed E-state index contributed by atoms with van der Waals surface area (Å²) < 4.78 is 4.88. The highest BCUT2D eigenvalue weighted by Crippen LogP contribution is 2.39. The van der Waals surface area contributed by atoms with Crippen LogP contribution in [-0.2, 0) is 14.3 Å². The molecular formula is C8H12O5. The largest absolute Gasteiger partial charge is 0.481 e. The average molecular weight is 188 g/mol. The molecule has 1 rings (SSSR count). The number of aliphatic carboxylic acids is 2. The van der Waals surface area contributed by atoms with Crippen LogP contribution in [0.25, 0.3) is 0 Å². The van der Waals surface area contributed by atoms with Crippen LogP contribution in [0, 0.1) is 5.41 Å². The van der Waals surface area contributed by atoms with Crippen molar-refractivity contribution in [3.05, 3.63) is 0 Å². The van der Waals surface area contributed by atoms with E-state index in [1.807, 2.05) is 0 Å². The van der Waals surface area contributed by atoms with Crippen LogP contribution >= 0.6 is 0 Å². The molecule has 74 valence electrons. The Labute approximate surface area is 75.3 Å². The number of carboxylic acids is 2. The second-order valence-electron chi connectivity index (χ2n) is 3.21. The number of epoxide rings is 1. The third-order valence-corrected chi connectivity index (χ3v) is 2.47. The second-order valence-corrected chi connectivity index (χ2v) is 3.21. The van der Waals surface area contributed by atoms with E-state index in [4.69, 9.17) is 14.9 Å². The summed E-state index contributed by atoms with van der Waals surface area (Å²) in [6, 6.07) is 0. The van der Waals surface area contributed by atoms with Gasteiger partial charge in [0.1, 0.15) is 5.41 Å². The van der Waals surface area contributed by atoms with E-state index in [1.165, 1.54) is 0 Å². The number of hydrogen-bond acceptors (Lipinski definition) is 3. The SMILES string of the molecule is CCC(CC(=O)O)(C(=O)O)C1CO1. The van der Waals surface area contributed by atoms with E-state index >= 15 is 0 Å². The first-order chi connectivity index (χ1) is 6.03. The van der Waals surface area contributed by atoms with Crippen molar-refractivity contribution in [3.63, 3.8) is 0 Å². The molecule has 1 heterocycles. The molecule has 1 fully saturated rings. The molecule has 0 bridgehead atoms. The highest BCUT2D eigenvalue weighted by atomic mass is 16.6. The zero-order valence-corrected chi connectivity index (χ0v) is 7.32. The van der Waals surface area contributed by atoms with E-state index in [0.717, 1.165) is 0 Å². The Balaban J connectivity index is 2.81. The predicted octanol–water partition coefficient (Wildman–Crippen LogP) is 0.341. The average Bonchev–Trinajstić information content (AvgIpc) is 2.81. The third kappa shape index (κ3) is 1.80. The zero-order valence-electron chi connectivity index (χ0n) is 7.32. The van der Waals surface area contributed by atoms with E-state index < -0.39 is 23.5 Å². The quantitative estimate of drug-likeness (QED) is 0.607. The molecule has 2 unspecified atom stereocenters. The summed E-state index contributed by atoms with van der Waals surface area (Å²) in [5.74, 6) is -2.18. The summed E-state index contributed by atoms with van der Waals surface area (Å²) in [4.78, 5) is 21.4. The lowest BCUT2D eigenvalue weighted by atomic mass is 9.79. The molecule has 0 aromatic carbocycles. The maximum Gasteiger partial charge on any atom is 0.312 e. The minimum Gasteiger partial charge on any atom is -0.481 e. The Morgan fingerprint density at radius 1 is 1.54 bits per heavy atom. The summed E-state index contributed by atoms with van der Waals surface area (Å²) in [5, 5.41) is 17.5. The maximum atomic E-state index is 10.9. The molecular weight excluding hydrogens is 176 g/mol. The lowest BCUT2D eigenvalue weighted by molar-refractivity contribution is -0.157. The van der Waals surface area contributed by atoms with Gasteiger partial charge in [-0.05, 0) is 6.42 Å². The molecule has 2 N–H and O–H groups in total. The van der Waals surface area contributed by atoms with Gasteiger partial charge in [-0.15, -0.1) is 0 Å². The number of hydrogen-bond donors (Lipinski definition) is 2. The van der Waals surface area contributed by atoms with Crippen molar-refractivity contribution in [2.75, 3.05) is 6.61 Å². The third-order valence-electron chi connectivity index (χ3n) is 2.47. The fraction of sp³-hybridized carbons (Fsp3) is 0.750. The van der Waals surface area contributed by atoms with Crippen LogP contribution in [-0.4, -0.2) is 34.9 Å². The minimum atomic E-state index is -1.23. The van der Waals surface area contributed by atoms with Crippen LogP contribution in [0.4, 0.5) is 0 Å². The van der Waals surface area contributed by atoms with Crippen LogP contribution in [0.15, 0.2) is 0 Å². The molecule has 1 aliphatic rings. The Morgan fingerprint density at radius 2 is 2.08 bits per heavy atom. The predicted molar refractivity (Wildman–Crippen MR) is 42.4 cm³/mol. The fourth-order valence-corrected chi connectivity index (χ4v) is 1.47.